The molecular formula is C11H19ClN4. The summed E-state index contributed by atoms with van der Waals surface area (Å²) in [5.41, 5.74) is 7.94. The van der Waals surface area contributed by atoms with E-state index in [-0.39, 0.29) is 0 Å². The summed E-state index contributed by atoms with van der Waals surface area (Å²) < 4.78 is 1.99. The predicted molar refractivity (Wildman–Crippen MR) is 65.5 cm³/mol. The molecule has 0 amide bonds. The van der Waals surface area contributed by atoms with Crippen LogP contribution in [0.15, 0.2) is 0 Å². The number of hydrogen-bond donors (Lipinski definition) is 1. The van der Waals surface area contributed by atoms with Gasteiger partial charge in [-0.25, -0.2) is 0 Å². The van der Waals surface area contributed by atoms with Gasteiger partial charge in [0.2, 0.25) is 0 Å². The van der Waals surface area contributed by atoms with Crippen LogP contribution in [-0.4, -0.2) is 33.8 Å². The van der Waals surface area contributed by atoms with Crippen molar-refractivity contribution in [2.24, 2.45) is 5.73 Å². The lowest BCUT2D eigenvalue weighted by molar-refractivity contribution is 0.315. The first kappa shape index (κ1) is 11.9. The highest BCUT2D eigenvalue weighted by Crippen LogP contribution is 2.23. The number of halogens is 1. The summed E-state index contributed by atoms with van der Waals surface area (Å²) in [6.45, 7) is 7.79. The highest BCUT2D eigenvalue weighted by atomic mass is 35.5. The average molecular weight is 243 g/mol. The van der Waals surface area contributed by atoms with Gasteiger partial charge in [-0.3, -0.25) is 9.58 Å². The van der Waals surface area contributed by atoms with Gasteiger partial charge in [-0.1, -0.05) is 11.6 Å². The molecule has 1 fully saturated rings. The van der Waals surface area contributed by atoms with Crippen molar-refractivity contribution in [2.45, 2.75) is 39.4 Å². The van der Waals surface area contributed by atoms with Gasteiger partial charge < -0.3 is 5.73 Å². The van der Waals surface area contributed by atoms with E-state index in [2.05, 4.69) is 16.9 Å². The molecule has 0 aromatic carbocycles. The molecule has 1 aliphatic heterocycles. The Hall–Kier alpha value is -0.580. The van der Waals surface area contributed by atoms with Crippen LogP contribution in [0.5, 0.6) is 0 Å². The second-order valence-electron chi connectivity index (χ2n) is 4.45. The van der Waals surface area contributed by atoms with Gasteiger partial charge in [0.15, 0.2) is 0 Å². The number of nitrogens with two attached hydrogens (primary N) is 1. The van der Waals surface area contributed by atoms with Crippen LogP contribution in [-0.2, 0) is 13.1 Å². The van der Waals surface area contributed by atoms with Gasteiger partial charge in [-0.2, -0.15) is 5.10 Å². The Morgan fingerprint density at radius 3 is 2.88 bits per heavy atom. The van der Waals surface area contributed by atoms with Crippen molar-refractivity contribution in [1.82, 2.24) is 14.7 Å². The third-order valence-corrected chi connectivity index (χ3v) is 3.63. The first-order valence-electron chi connectivity index (χ1n) is 5.81. The molecule has 1 atom stereocenters. The molecule has 1 aromatic rings. The molecule has 1 saturated heterocycles. The van der Waals surface area contributed by atoms with Crippen LogP contribution in [0.1, 0.15) is 24.7 Å². The third kappa shape index (κ3) is 2.24. The van der Waals surface area contributed by atoms with E-state index < -0.39 is 0 Å². The van der Waals surface area contributed by atoms with Crippen molar-refractivity contribution in [3.63, 3.8) is 0 Å². The van der Waals surface area contributed by atoms with Gasteiger partial charge in [0.05, 0.1) is 16.4 Å². The van der Waals surface area contributed by atoms with Crippen LogP contribution in [0.4, 0.5) is 0 Å². The van der Waals surface area contributed by atoms with Crippen molar-refractivity contribution in [1.29, 1.82) is 0 Å². The standard InChI is InChI=1S/C11H19ClN4/c1-3-16-10(11(12)8(2)14-16)7-15-5-4-9(13)6-15/h9H,3-7,13H2,1-2H3/t9-/m0/s1. The maximum Gasteiger partial charge on any atom is 0.0860 e. The van der Waals surface area contributed by atoms with E-state index in [0.717, 1.165) is 49.0 Å². The zero-order chi connectivity index (χ0) is 11.7. The average Bonchev–Trinajstić information content (AvgIpc) is 2.77. The summed E-state index contributed by atoms with van der Waals surface area (Å²) in [5, 5.41) is 5.22. The number of aromatic nitrogens is 2. The number of aryl methyl sites for hydroxylation is 2. The van der Waals surface area contributed by atoms with Crippen LogP contribution in [0.2, 0.25) is 5.02 Å². The van der Waals surface area contributed by atoms with Gasteiger partial charge in [0, 0.05) is 32.2 Å². The minimum absolute atomic E-state index is 0.317. The zero-order valence-electron chi connectivity index (χ0n) is 9.91. The molecule has 2 rings (SSSR count). The Labute approximate surface area is 101 Å². The molecule has 2 heterocycles. The fraction of sp³-hybridized carbons (Fsp3) is 0.727. The first-order valence-corrected chi connectivity index (χ1v) is 6.19. The van der Waals surface area contributed by atoms with E-state index in [0.29, 0.717) is 6.04 Å². The van der Waals surface area contributed by atoms with Gasteiger partial charge >= 0.3 is 0 Å². The topological polar surface area (TPSA) is 47.1 Å². The molecule has 0 unspecified atom stereocenters. The molecule has 0 spiro atoms. The van der Waals surface area contributed by atoms with E-state index in [9.17, 15) is 0 Å². The molecule has 5 heteroatoms. The summed E-state index contributed by atoms with van der Waals surface area (Å²) in [5.74, 6) is 0. The van der Waals surface area contributed by atoms with E-state index >= 15 is 0 Å². The number of hydrogen-bond acceptors (Lipinski definition) is 3. The van der Waals surface area contributed by atoms with Crippen LogP contribution < -0.4 is 5.73 Å². The van der Waals surface area contributed by atoms with Crippen molar-refractivity contribution in [3.05, 3.63) is 16.4 Å². The Bertz CT molecular complexity index is 374. The lowest BCUT2D eigenvalue weighted by Crippen LogP contribution is -2.27. The monoisotopic (exact) mass is 242 g/mol. The van der Waals surface area contributed by atoms with Crippen molar-refractivity contribution in [3.8, 4) is 0 Å². The Kier molecular flexibility index (Phi) is 3.52. The normalized spacial score (nSPS) is 21.9. The maximum absolute atomic E-state index is 6.27. The van der Waals surface area contributed by atoms with E-state index in [1.807, 2.05) is 11.6 Å². The van der Waals surface area contributed by atoms with Gasteiger partial charge in [0.1, 0.15) is 0 Å². The fourth-order valence-electron chi connectivity index (χ4n) is 2.24. The number of rotatable bonds is 3. The summed E-state index contributed by atoms with van der Waals surface area (Å²) in [6, 6.07) is 0.317. The van der Waals surface area contributed by atoms with Crippen LogP contribution in [0.25, 0.3) is 0 Å². The highest BCUT2D eigenvalue weighted by molar-refractivity contribution is 6.31. The van der Waals surface area contributed by atoms with Crippen LogP contribution in [0, 0.1) is 6.92 Å². The molecule has 16 heavy (non-hydrogen) atoms. The van der Waals surface area contributed by atoms with Crippen molar-refractivity contribution < 1.29 is 0 Å². The van der Waals surface area contributed by atoms with E-state index in [1.165, 1.54) is 0 Å². The molecular weight excluding hydrogens is 224 g/mol. The van der Waals surface area contributed by atoms with Crippen LogP contribution >= 0.6 is 11.6 Å². The second-order valence-corrected chi connectivity index (χ2v) is 4.82. The summed E-state index contributed by atoms with van der Waals surface area (Å²) in [4.78, 5) is 2.35. The van der Waals surface area contributed by atoms with E-state index in [4.69, 9.17) is 17.3 Å². The van der Waals surface area contributed by atoms with Crippen molar-refractivity contribution in [2.75, 3.05) is 13.1 Å². The van der Waals surface area contributed by atoms with Gasteiger partial charge in [-0.15, -0.1) is 0 Å². The number of likely N-dealkylation sites (tertiary alicyclic amines) is 1. The number of nitrogens with zero attached hydrogens (tertiary/aromatic N) is 3. The Morgan fingerprint density at radius 1 is 1.56 bits per heavy atom. The lowest BCUT2D eigenvalue weighted by Gasteiger charge is -2.16. The molecule has 0 aliphatic carbocycles. The summed E-state index contributed by atoms with van der Waals surface area (Å²) in [6.07, 6.45) is 1.08. The molecule has 1 aliphatic rings. The van der Waals surface area contributed by atoms with Gasteiger partial charge in [-0.05, 0) is 20.3 Å². The zero-order valence-corrected chi connectivity index (χ0v) is 10.7. The minimum Gasteiger partial charge on any atom is -0.326 e. The molecule has 0 saturated carbocycles. The fourth-order valence-corrected chi connectivity index (χ4v) is 2.43. The summed E-state index contributed by atoms with van der Waals surface area (Å²) >= 11 is 6.27. The molecule has 90 valence electrons. The largest absolute Gasteiger partial charge is 0.326 e. The van der Waals surface area contributed by atoms with E-state index in [1.54, 1.807) is 0 Å². The molecule has 1 aromatic heterocycles. The first-order chi connectivity index (χ1) is 7.61. The predicted octanol–water partition coefficient (Wildman–Crippen LogP) is 1.40. The molecule has 0 bridgehead atoms. The highest BCUT2D eigenvalue weighted by Gasteiger charge is 2.22. The summed E-state index contributed by atoms with van der Waals surface area (Å²) in [7, 11) is 0. The smallest absolute Gasteiger partial charge is 0.0860 e. The maximum atomic E-state index is 6.27. The minimum atomic E-state index is 0.317. The van der Waals surface area contributed by atoms with Gasteiger partial charge in [0.25, 0.3) is 0 Å². The third-order valence-electron chi connectivity index (χ3n) is 3.14. The lowest BCUT2D eigenvalue weighted by atomic mass is 10.3. The SMILES string of the molecule is CCn1nc(C)c(Cl)c1CN1CC[C@H](N)C1. The Morgan fingerprint density at radius 2 is 2.31 bits per heavy atom. The molecule has 4 nitrogen and oxygen atoms in total. The Balaban J connectivity index is 2.14. The quantitative estimate of drug-likeness (QED) is 0.872. The second kappa shape index (κ2) is 4.73. The van der Waals surface area contributed by atoms with Crippen LogP contribution in [0.3, 0.4) is 0 Å². The van der Waals surface area contributed by atoms with Crippen molar-refractivity contribution >= 4 is 11.6 Å². The molecule has 0 radical (unpaired) electrons. The molecule has 2 N–H and O–H groups in total.